The van der Waals surface area contributed by atoms with Crippen molar-refractivity contribution in [1.29, 1.82) is 0 Å². The van der Waals surface area contributed by atoms with E-state index in [1.165, 1.54) is 35.5 Å². The maximum Gasteiger partial charge on any atom is 0.417 e. The number of carbonyl (C=O) groups excluding carboxylic acids is 1. The van der Waals surface area contributed by atoms with Gasteiger partial charge in [0.2, 0.25) is 0 Å². The third kappa shape index (κ3) is 5.99. The van der Waals surface area contributed by atoms with E-state index in [0.717, 1.165) is 6.07 Å². The van der Waals surface area contributed by atoms with Gasteiger partial charge in [0, 0.05) is 18.2 Å². The van der Waals surface area contributed by atoms with Gasteiger partial charge in [-0.25, -0.2) is 9.37 Å². The molecule has 0 fully saturated rings. The van der Waals surface area contributed by atoms with E-state index in [4.69, 9.17) is 9.26 Å². The molecule has 0 aliphatic carbocycles. The lowest BCUT2D eigenvalue weighted by Gasteiger charge is -2.28. The van der Waals surface area contributed by atoms with Crippen molar-refractivity contribution in [2.75, 3.05) is 13.2 Å². The van der Waals surface area contributed by atoms with Crippen LogP contribution in [-0.4, -0.2) is 45.4 Å². The normalized spacial score (nSPS) is 13.6. The van der Waals surface area contributed by atoms with Gasteiger partial charge in [-0.2, -0.15) is 18.3 Å². The first-order chi connectivity index (χ1) is 20.2. The highest BCUT2D eigenvalue weighted by atomic mass is 19.4. The number of aromatic nitrogens is 3. The van der Waals surface area contributed by atoms with Crippen LogP contribution in [0.25, 0.3) is 22.6 Å². The smallest absolute Gasteiger partial charge is 0.417 e. The largest absolute Gasteiger partial charge is 0.494 e. The number of imidazole rings is 1. The number of benzene rings is 2. The van der Waals surface area contributed by atoms with Crippen molar-refractivity contribution >= 4 is 12.1 Å². The van der Waals surface area contributed by atoms with E-state index in [1.807, 2.05) is 13.8 Å². The number of halogens is 4. The monoisotopic (exact) mass is 584 g/mol. The molecule has 220 valence electrons. The summed E-state index contributed by atoms with van der Waals surface area (Å²) in [5.74, 6) is -0.556. The predicted molar refractivity (Wildman–Crippen MR) is 146 cm³/mol. The van der Waals surface area contributed by atoms with E-state index >= 15 is 0 Å². The molecule has 0 saturated heterocycles. The fourth-order valence-corrected chi connectivity index (χ4v) is 4.51. The molecule has 4 aromatic rings. The number of nitrogens with zero attached hydrogens (tertiary/aromatic N) is 4. The molecule has 2 N–H and O–H groups in total. The molecule has 1 amide bonds. The van der Waals surface area contributed by atoms with Crippen LogP contribution in [-0.2, 0) is 17.5 Å². The van der Waals surface area contributed by atoms with Gasteiger partial charge >= 0.3 is 6.18 Å². The summed E-state index contributed by atoms with van der Waals surface area (Å²) in [5.41, 5.74) is 0.0468. The summed E-state index contributed by atoms with van der Waals surface area (Å²) in [7, 11) is 0. The molecule has 2 aromatic carbocycles. The molecule has 0 bridgehead atoms. The number of ether oxygens (including phenoxy) is 1. The number of rotatable bonds is 10. The lowest BCUT2D eigenvalue weighted by atomic mass is 10.0. The van der Waals surface area contributed by atoms with E-state index in [0.29, 0.717) is 36.6 Å². The van der Waals surface area contributed by atoms with Gasteiger partial charge in [0.05, 0.1) is 36.2 Å². The van der Waals surface area contributed by atoms with Gasteiger partial charge in [0.15, 0.2) is 11.8 Å². The molecule has 2 aromatic heterocycles. The number of H-pyrrole nitrogens is 1. The SMILES string of the molecule is CCCNC(=O)C(c1cc(-c2ccc(OCCC)cc2C(F)(F)F)no1)N1Cc2[nH]c(-c3ccccc3F)nc2C=N1. The second kappa shape index (κ2) is 12.0. The second-order valence-corrected chi connectivity index (χ2v) is 9.63. The van der Waals surface area contributed by atoms with Crippen LogP contribution >= 0.6 is 0 Å². The maximum absolute atomic E-state index is 14.4. The van der Waals surface area contributed by atoms with Crippen molar-refractivity contribution in [2.45, 2.75) is 45.5 Å². The number of nitrogens with one attached hydrogen (secondary N) is 2. The average molecular weight is 585 g/mol. The molecule has 0 saturated carbocycles. The molecule has 3 heterocycles. The maximum atomic E-state index is 14.4. The third-order valence-corrected chi connectivity index (χ3v) is 6.53. The number of amides is 1. The number of fused-ring (bicyclic) bond motifs is 1. The predicted octanol–water partition coefficient (Wildman–Crippen LogP) is 6.10. The van der Waals surface area contributed by atoms with Crippen LogP contribution in [0, 0.1) is 5.82 Å². The molecule has 0 radical (unpaired) electrons. The summed E-state index contributed by atoms with van der Waals surface area (Å²) in [4.78, 5) is 20.8. The zero-order valence-corrected chi connectivity index (χ0v) is 22.8. The fraction of sp³-hybridized carbons (Fsp3) is 0.310. The first kappa shape index (κ1) is 28.8. The standard InChI is InChI=1S/C29H28F4N6O3/c1-3-11-34-28(40)26(39-16-24-23(15-35-39)36-27(37-24)19-7-5-6-8-21(19)30)25-14-22(38-42-25)18-10-9-17(41-12-4-2)13-20(18)29(31,32)33/h5-10,13-15,26H,3-4,11-12,16H2,1-2H3,(H,34,40)(H,36,37). The lowest BCUT2D eigenvalue weighted by Crippen LogP contribution is -2.39. The Hall–Kier alpha value is -4.68. The molecule has 1 aliphatic rings. The van der Waals surface area contributed by atoms with Gasteiger partial charge in [-0.3, -0.25) is 9.80 Å². The Morgan fingerprint density at radius 3 is 2.69 bits per heavy atom. The summed E-state index contributed by atoms with van der Waals surface area (Å²) in [6.07, 6.45) is -1.97. The number of carbonyl (C=O) groups is 1. The van der Waals surface area contributed by atoms with Gasteiger partial charge in [-0.05, 0) is 43.2 Å². The zero-order chi connectivity index (χ0) is 29.9. The van der Waals surface area contributed by atoms with Crippen LogP contribution in [0.3, 0.4) is 0 Å². The Bertz CT molecular complexity index is 1600. The number of hydrogen-bond acceptors (Lipinski definition) is 7. The van der Waals surface area contributed by atoms with E-state index in [2.05, 4.69) is 25.5 Å². The van der Waals surface area contributed by atoms with E-state index < -0.39 is 29.5 Å². The Balaban J connectivity index is 1.47. The van der Waals surface area contributed by atoms with Crippen molar-refractivity contribution in [3.05, 3.63) is 77.1 Å². The van der Waals surface area contributed by atoms with E-state index in [1.54, 1.807) is 18.2 Å². The quantitative estimate of drug-likeness (QED) is 0.218. The van der Waals surface area contributed by atoms with Gasteiger partial charge in [-0.15, -0.1) is 0 Å². The van der Waals surface area contributed by atoms with Crippen molar-refractivity contribution in [1.82, 2.24) is 25.5 Å². The highest BCUT2D eigenvalue weighted by Crippen LogP contribution is 2.40. The van der Waals surface area contributed by atoms with Crippen LogP contribution < -0.4 is 10.1 Å². The summed E-state index contributed by atoms with van der Waals surface area (Å²) >= 11 is 0. The molecule has 9 nitrogen and oxygen atoms in total. The summed E-state index contributed by atoms with van der Waals surface area (Å²) < 4.78 is 67.3. The first-order valence-electron chi connectivity index (χ1n) is 13.4. The highest BCUT2D eigenvalue weighted by Gasteiger charge is 2.37. The number of aromatic amines is 1. The molecule has 1 aliphatic heterocycles. The van der Waals surface area contributed by atoms with Crippen molar-refractivity contribution in [3.63, 3.8) is 0 Å². The Kier molecular flexibility index (Phi) is 8.27. The van der Waals surface area contributed by atoms with Crippen LogP contribution in [0.15, 0.2) is 58.2 Å². The molecular formula is C29H28F4N6O3. The topological polar surface area (TPSA) is 109 Å². The zero-order valence-electron chi connectivity index (χ0n) is 22.8. The van der Waals surface area contributed by atoms with Gasteiger partial charge < -0.3 is 19.6 Å². The van der Waals surface area contributed by atoms with Gasteiger partial charge in [0.25, 0.3) is 5.91 Å². The minimum Gasteiger partial charge on any atom is -0.494 e. The minimum absolute atomic E-state index is 0.00696. The van der Waals surface area contributed by atoms with Crippen LogP contribution in [0.1, 0.15) is 55.4 Å². The van der Waals surface area contributed by atoms with Crippen LogP contribution in [0.4, 0.5) is 17.6 Å². The number of alkyl halides is 3. The number of hydrogen-bond donors (Lipinski definition) is 2. The molecule has 5 rings (SSSR count). The van der Waals surface area contributed by atoms with Gasteiger partial charge in [-0.1, -0.05) is 31.1 Å². The molecule has 0 spiro atoms. The summed E-state index contributed by atoms with van der Waals surface area (Å²) in [5, 5.41) is 12.5. The number of hydrazone groups is 1. The summed E-state index contributed by atoms with van der Waals surface area (Å²) in [6, 6.07) is 9.93. The van der Waals surface area contributed by atoms with Crippen LogP contribution in [0.2, 0.25) is 0 Å². The molecule has 1 unspecified atom stereocenters. The van der Waals surface area contributed by atoms with Crippen molar-refractivity contribution in [2.24, 2.45) is 5.10 Å². The Morgan fingerprint density at radius 2 is 1.95 bits per heavy atom. The fourth-order valence-electron chi connectivity index (χ4n) is 4.51. The van der Waals surface area contributed by atoms with E-state index in [-0.39, 0.29) is 41.5 Å². The van der Waals surface area contributed by atoms with Crippen molar-refractivity contribution in [3.8, 4) is 28.4 Å². The Morgan fingerprint density at radius 1 is 1.14 bits per heavy atom. The second-order valence-electron chi connectivity index (χ2n) is 9.63. The molecule has 1 atom stereocenters. The molecule has 13 heteroatoms. The average Bonchev–Trinajstić information content (AvgIpc) is 3.62. The molecule has 42 heavy (non-hydrogen) atoms. The minimum atomic E-state index is -4.69. The van der Waals surface area contributed by atoms with Gasteiger partial charge in [0.1, 0.15) is 28.8 Å². The first-order valence-corrected chi connectivity index (χ1v) is 13.4. The van der Waals surface area contributed by atoms with E-state index in [9.17, 15) is 22.4 Å². The van der Waals surface area contributed by atoms with Crippen LogP contribution in [0.5, 0.6) is 5.75 Å². The Labute approximate surface area is 238 Å². The lowest BCUT2D eigenvalue weighted by molar-refractivity contribution is -0.137. The summed E-state index contributed by atoms with van der Waals surface area (Å²) in [6.45, 7) is 4.43. The van der Waals surface area contributed by atoms with Crippen molar-refractivity contribution < 1.29 is 31.6 Å². The highest BCUT2D eigenvalue weighted by molar-refractivity contribution is 5.85. The third-order valence-electron chi connectivity index (χ3n) is 6.53. The molecular weight excluding hydrogens is 556 g/mol.